The number of hydrogen-bond acceptors (Lipinski definition) is 2. The van der Waals surface area contributed by atoms with Gasteiger partial charge in [0.25, 0.3) is 0 Å². The first kappa shape index (κ1) is 14.5. The minimum Gasteiger partial charge on any atom is -0.323 e. The summed E-state index contributed by atoms with van der Waals surface area (Å²) in [5, 5.41) is 0. The molecule has 1 aliphatic carbocycles. The van der Waals surface area contributed by atoms with Crippen LogP contribution in [0, 0.1) is 0 Å². The van der Waals surface area contributed by atoms with E-state index in [0.29, 0.717) is 6.04 Å². The number of fused-ring (bicyclic) bond motifs is 1. The fourth-order valence-corrected chi connectivity index (χ4v) is 3.40. The van der Waals surface area contributed by atoms with Gasteiger partial charge in [0, 0.05) is 12.1 Å². The van der Waals surface area contributed by atoms with Crippen molar-refractivity contribution in [2.75, 3.05) is 13.1 Å². The van der Waals surface area contributed by atoms with Gasteiger partial charge in [0.05, 0.1) is 0 Å². The molecular weight excluding hydrogens is 232 g/mol. The lowest BCUT2D eigenvalue weighted by Gasteiger charge is -2.35. The summed E-state index contributed by atoms with van der Waals surface area (Å²) in [5.41, 5.74) is 9.45. The minimum atomic E-state index is 0.178. The maximum absolute atomic E-state index is 6.61. The molecule has 1 aromatic carbocycles. The normalized spacial score (nSPS) is 23.2. The highest BCUT2D eigenvalue weighted by atomic mass is 15.2. The average molecular weight is 260 g/mol. The molecule has 19 heavy (non-hydrogen) atoms. The Hall–Kier alpha value is -0.860. The Morgan fingerprint density at radius 1 is 1.16 bits per heavy atom. The SMILES string of the molecule is CCCN(CCC)C1CCCc2ccccc2C1N. The Morgan fingerprint density at radius 2 is 1.84 bits per heavy atom. The van der Waals surface area contributed by atoms with E-state index in [0.717, 1.165) is 0 Å². The third-order valence-corrected chi connectivity index (χ3v) is 4.27. The molecule has 2 heteroatoms. The molecule has 0 aromatic heterocycles. The molecule has 0 radical (unpaired) electrons. The van der Waals surface area contributed by atoms with Crippen molar-refractivity contribution >= 4 is 0 Å². The summed E-state index contributed by atoms with van der Waals surface area (Å²) in [6, 6.07) is 9.45. The van der Waals surface area contributed by atoms with Crippen LogP contribution < -0.4 is 5.73 Å². The van der Waals surface area contributed by atoms with Crippen LogP contribution in [0.1, 0.15) is 56.7 Å². The van der Waals surface area contributed by atoms with Crippen molar-refractivity contribution in [3.63, 3.8) is 0 Å². The van der Waals surface area contributed by atoms with Crippen LogP contribution in [0.5, 0.6) is 0 Å². The van der Waals surface area contributed by atoms with Crippen LogP contribution in [0.2, 0.25) is 0 Å². The van der Waals surface area contributed by atoms with Crippen LogP contribution in [0.15, 0.2) is 24.3 Å². The molecule has 2 atom stereocenters. The molecule has 0 amide bonds. The molecule has 1 aromatic rings. The molecule has 0 bridgehead atoms. The van der Waals surface area contributed by atoms with Crippen LogP contribution in [-0.2, 0) is 6.42 Å². The number of nitrogens with zero attached hydrogens (tertiary/aromatic N) is 1. The van der Waals surface area contributed by atoms with Gasteiger partial charge < -0.3 is 5.73 Å². The van der Waals surface area contributed by atoms with Crippen molar-refractivity contribution in [2.45, 2.75) is 58.0 Å². The van der Waals surface area contributed by atoms with Crippen molar-refractivity contribution < 1.29 is 0 Å². The van der Waals surface area contributed by atoms with E-state index in [1.165, 1.54) is 56.3 Å². The summed E-state index contributed by atoms with van der Waals surface area (Å²) >= 11 is 0. The second-order valence-corrected chi connectivity index (χ2v) is 5.72. The largest absolute Gasteiger partial charge is 0.323 e. The Bertz CT molecular complexity index is 383. The van der Waals surface area contributed by atoms with Gasteiger partial charge in [-0.05, 0) is 56.3 Å². The van der Waals surface area contributed by atoms with Gasteiger partial charge in [-0.2, -0.15) is 0 Å². The molecule has 2 rings (SSSR count). The molecule has 2 unspecified atom stereocenters. The molecule has 0 fully saturated rings. The molecule has 106 valence electrons. The third kappa shape index (κ3) is 3.37. The smallest absolute Gasteiger partial charge is 0.0455 e. The van der Waals surface area contributed by atoms with Gasteiger partial charge in [-0.3, -0.25) is 4.90 Å². The van der Waals surface area contributed by atoms with Crippen LogP contribution in [0.4, 0.5) is 0 Å². The van der Waals surface area contributed by atoms with E-state index in [1.807, 2.05) is 0 Å². The van der Waals surface area contributed by atoms with E-state index in [1.54, 1.807) is 0 Å². The molecule has 0 saturated heterocycles. The molecule has 2 N–H and O–H groups in total. The molecule has 0 heterocycles. The van der Waals surface area contributed by atoms with Crippen LogP contribution >= 0.6 is 0 Å². The topological polar surface area (TPSA) is 29.3 Å². The van der Waals surface area contributed by atoms with E-state index in [-0.39, 0.29) is 6.04 Å². The highest BCUT2D eigenvalue weighted by molar-refractivity contribution is 5.32. The zero-order chi connectivity index (χ0) is 13.7. The Kier molecular flexibility index (Phi) is 5.41. The summed E-state index contributed by atoms with van der Waals surface area (Å²) < 4.78 is 0. The lowest BCUT2D eigenvalue weighted by molar-refractivity contribution is 0.162. The second kappa shape index (κ2) is 7.06. The standard InChI is InChI=1S/C17H28N2/c1-3-12-19(13-4-2)16-11-7-9-14-8-5-6-10-15(14)17(16)18/h5-6,8,10,16-17H,3-4,7,9,11-13,18H2,1-2H3. The Morgan fingerprint density at radius 3 is 2.53 bits per heavy atom. The first-order valence-corrected chi connectivity index (χ1v) is 7.85. The van der Waals surface area contributed by atoms with Gasteiger partial charge in [0.1, 0.15) is 0 Å². The van der Waals surface area contributed by atoms with E-state index in [9.17, 15) is 0 Å². The summed E-state index contributed by atoms with van der Waals surface area (Å²) in [5.74, 6) is 0. The van der Waals surface area contributed by atoms with Crippen LogP contribution in [0.3, 0.4) is 0 Å². The van der Waals surface area contributed by atoms with Gasteiger partial charge in [0.2, 0.25) is 0 Å². The molecular formula is C17H28N2. The number of benzene rings is 1. The van der Waals surface area contributed by atoms with Gasteiger partial charge in [0.15, 0.2) is 0 Å². The fraction of sp³-hybridized carbons (Fsp3) is 0.647. The Balaban J connectivity index is 2.21. The first-order chi connectivity index (χ1) is 9.27. The first-order valence-electron chi connectivity index (χ1n) is 7.85. The van der Waals surface area contributed by atoms with Crippen molar-refractivity contribution in [1.82, 2.24) is 4.90 Å². The van der Waals surface area contributed by atoms with E-state index < -0.39 is 0 Å². The number of rotatable bonds is 5. The van der Waals surface area contributed by atoms with Crippen LogP contribution in [-0.4, -0.2) is 24.0 Å². The van der Waals surface area contributed by atoms with Gasteiger partial charge in [-0.1, -0.05) is 38.1 Å². The number of hydrogen-bond donors (Lipinski definition) is 1. The Labute approximate surface area is 118 Å². The molecule has 0 saturated carbocycles. The van der Waals surface area contributed by atoms with E-state index in [2.05, 4.69) is 43.0 Å². The second-order valence-electron chi connectivity index (χ2n) is 5.72. The van der Waals surface area contributed by atoms with Crippen LogP contribution in [0.25, 0.3) is 0 Å². The molecule has 2 nitrogen and oxygen atoms in total. The maximum Gasteiger partial charge on any atom is 0.0455 e. The van der Waals surface area contributed by atoms with Gasteiger partial charge >= 0.3 is 0 Å². The third-order valence-electron chi connectivity index (χ3n) is 4.27. The maximum atomic E-state index is 6.61. The lowest BCUT2D eigenvalue weighted by Crippen LogP contribution is -2.43. The van der Waals surface area contributed by atoms with Crippen molar-refractivity contribution in [1.29, 1.82) is 0 Å². The van der Waals surface area contributed by atoms with E-state index in [4.69, 9.17) is 5.73 Å². The highest BCUT2D eigenvalue weighted by Gasteiger charge is 2.28. The number of nitrogens with two attached hydrogens (primary N) is 1. The molecule has 0 spiro atoms. The number of aryl methyl sites for hydroxylation is 1. The summed E-state index contributed by atoms with van der Waals surface area (Å²) in [6.07, 6.45) is 6.11. The van der Waals surface area contributed by atoms with E-state index >= 15 is 0 Å². The molecule has 1 aliphatic rings. The monoisotopic (exact) mass is 260 g/mol. The summed E-state index contributed by atoms with van der Waals surface area (Å²) in [6.45, 7) is 6.88. The summed E-state index contributed by atoms with van der Waals surface area (Å²) in [4.78, 5) is 2.62. The van der Waals surface area contributed by atoms with Crippen molar-refractivity contribution in [3.05, 3.63) is 35.4 Å². The quantitative estimate of drug-likeness (QED) is 0.821. The van der Waals surface area contributed by atoms with Crippen molar-refractivity contribution in [3.8, 4) is 0 Å². The van der Waals surface area contributed by atoms with Crippen molar-refractivity contribution in [2.24, 2.45) is 5.73 Å². The highest BCUT2D eigenvalue weighted by Crippen LogP contribution is 2.30. The predicted octanol–water partition coefficient (Wildman–Crippen LogP) is 3.51. The summed E-state index contributed by atoms with van der Waals surface area (Å²) in [7, 11) is 0. The lowest BCUT2D eigenvalue weighted by atomic mass is 9.95. The zero-order valence-electron chi connectivity index (χ0n) is 12.4. The van der Waals surface area contributed by atoms with Gasteiger partial charge in [-0.25, -0.2) is 0 Å². The molecule has 0 aliphatic heterocycles. The zero-order valence-corrected chi connectivity index (χ0v) is 12.4. The predicted molar refractivity (Wildman–Crippen MR) is 82.3 cm³/mol. The van der Waals surface area contributed by atoms with Gasteiger partial charge in [-0.15, -0.1) is 0 Å². The minimum absolute atomic E-state index is 0.178. The fourth-order valence-electron chi connectivity index (χ4n) is 3.40. The average Bonchev–Trinajstić information content (AvgIpc) is 2.59.